The molecule has 2 aliphatic carbocycles. The smallest absolute Gasteiger partial charge is 0.296 e. The Balaban J connectivity index is 0.818. The van der Waals surface area contributed by atoms with Crippen molar-refractivity contribution in [3.63, 3.8) is 0 Å². The third kappa shape index (κ3) is 9.90. The Morgan fingerprint density at radius 1 is 0.985 bits per heavy atom. The largest absolute Gasteiger partial charge is 0.497 e. The fourth-order valence-electron chi connectivity index (χ4n) is 11.3. The van der Waals surface area contributed by atoms with E-state index in [2.05, 4.69) is 85.0 Å². The summed E-state index contributed by atoms with van der Waals surface area (Å²) in [4.78, 5) is 39.5. The first-order chi connectivity index (χ1) is 32.1. The Hall–Kier alpha value is -5.55. The third-order valence-electron chi connectivity index (χ3n) is 15.3. The number of imidazole rings is 1. The summed E-state index contributed by atoms with van der Waals surface area (Å²) in [7, 11) is -2.88. The van der Waals surface area contributed by atoms with Gasteiger partial charge in [-0.15, -0.1) is 0 Å². The van der Waals surface area contributed by atoms with E-state index in [0.29, 0.717) is 42.8 Å². The number of nitro benzene ring substituents is 1. The highest BCUT2D eigenvalue weighted by Crippen LogP contribution is 2.53. The van der Waals surface area contributed by atoms with E-state index in [4.69, 9.17) is 4.74 Å². The van der Waals surface area contributed by atoms with Crippen molar-refractivity contribution in [3.05, 3.63) is 118 Å². The molecule has 2 saturated heterocycles. The van der Waals surface area contributed by atoms with Crippen LogP contribution >= 0.6 is 0 Å². The molecular weight excluding hydrogens is 869 g/mol. The second-order valence-corrected chi connectivity index (χ2v) is 21.8. The molecular formula is C51H64N8O7S. The van der Waals surface area contributed by atoms with Crippen molar-refractivity contribution in [2.24, 2.45) is 11.3 Å². The lowest BCUT2D eigenvalue weighted by atomic mass is 9.59. The highest BCUT2D eigenvalue weighted by atomic mass is 32.2. The molecule has 4 N–H and O–H groups in total. The first kappa shape index (κ1) is 46.6. The Morgan fingerprint density at radius 2 is 1.69 bits per heavy atom. The number of benzene rings is 4. The predicted octanol–water partition coefficient (Wildman–Crippen LogP) is 8.38. The number of rotatable bonds is 14. The van der Waals surface area contributed by atoms with Crippen molar-refractivity contribution in [1.82, 2.24) is 24.5 Å². The van der Waals surface area contributed by atoms with E-state index < -0.39 is 37.0 Å². The van der Waals surface area contributed by atoms with Crippen LogP contribution in [-0.4, -0.2) is 102 Å². The van der Waals surface area contributed by atoms with E-state index in [1.807, 2.05) is 31.2 Å². The first-order valence-corrected chi connectivity index (χ1v) is 25.3. The number of nitrogens with zero attached hydrogens (tertiary/aromatic N) is 5. The van der Waals surface area contributed by atoms with Crippen LogP contribution in [0.25, 0.3) is 11.0 Å². The fraction of sp³-hybridized carbons (Fsp3) is 0.490. The van der Waals surface area contributed by atoms with Crippen molar-refractivity contribution in [2.45, 2.75) is 107 Å². The number of nitrogens with one attached hydrogen (secondary N) is 3. The Bertz CT molecular complexity index is 2680. The molecule has 67 heavy (non-hydrogen) atoms. The zero-order chi connectivity index (χ0) is 47.1. The van der Waals surface area contributed by atoms with Gasteiger partial charge in [0, 0.05) is 75.2 Å². The molecule has 0 radical (unpaired) electrons. The summed E-state index contributed by atoms with van der Waals surface area (Å²) in [6, 6.07) is 26.2. The second-order valence-electron chi connectivity index (χ2n) is 20.1. The number of sulfonamides is 1. The molecule has 15 nitrogen and oxygen atoms in total. The molecule has 356 valence electrons. The number of anilines is 2. The van der Waals surface area contributed by atoms with Gasteiger partial charge in [0.1, 0.15) is 21.8 Å². The van der Waals surface area contributed by atoms with Crippen molar-refractivity contribution >= 4 is 44.0 Å². The number of piperidine rings is 1. The molecule has 1 spiro atoms. The zero-order valence-corrected chi connectivity index (χ0v) is 39.9. The number of ether oxygens (including phenoxy) is 1. The minimum atomic E-state index is -4.58. The van der Waals surface area contributed by atoms with E-state index in [9.17, 15) is 28.4 Å². The number of piperazine rings is 1. The number of hydrogen-bond acceptors (Lipinski definition) is 12. The summed E-state index contributed by atoms with van der Waals surface area (Å²) in [5.41, 5.74) is 4.70. The average molecular weight is 933 g/mol. The number of aliphatic hydroxyl groups is 1. The SMILES string of the molecule is COc1ccc(CN2CCN(C3CC4(CCN(c5ccc(C(=O)NS(=O)(=O)c6cc([N+](=O)[O-])c(NCC7CCC(C)(O)CC7)c7[nH]cnc67)cc5)CC4)C3)C(c3ccccc3C(C)C)C2)cc1. The maximum atomic E-state index is 13.8. The molecule has 1 atom stereocenters. The second kappa shape index (κ2) is 18.9. The van der Waals surface area contributed by atoms with Gasteiger partial charge >= 0.3 is 0 Å². The average Bonchev–Trinajstić information content (AvgIpc) is 3.80. The summed E-state index contributed by atoms with van der Waals surface area (Å²) in [5, 5.41) is 25.8. The summed E-state index contributed by atoms with van der Waals surface area (Å²) >= 11 is 0. The maximum Gasteiger partial charge on any atom is 0.296 e. The topological polar surface area (TPSA) is 186 Å². The van der Waals surface area contributed by atoms with Gasteiger partial charge < -0.3 is 25.0 Å². The summed E-state index contributed by atoms with van der Waals surface area (Å²) in [5.74, 6) is 0.646. The predicted molar refractivity (Wildman–Crippen MR) is 260 cm³/mol. The monoisotopic (exact) mass is 932 g/mol. The van der Waals surface area contributed by atoms with Crippen LogP contribution in [0, 0.1) is 21.4 Å². The van der Waals surface area contributed by atoms with E-state index in [1.165, 1.54) is 35.9 Å². The number of aromatic amines is 1. The Morgan fingerprint density at radius 3 is 2.36 bits per heavy atom. The molecule has 1 amide bonds. The van der Waals surface area contributed by atoms with Crippen LogP contribution in [-0.2, 0) is 16.6 Å². The quantitative estimate of drug-likeness (QED) is 0.0617. The Labute approximate surface area is 393 Å². The third-order valence-corrected chi connectivity index (χ3v) is 16.6. The highest BCUT2D eigenvalue weighted by Gasteiger charge is 2.50. The minimum absolute atomic E-state index is 0.0180. The zero-order valence-electron chi connectivity index (χ0n) is 39.0. The van der Waals surface area contributed by atoms with Crippen LogP contribution in [0.5, 0.6) is 5.75 Å². The number of carbonyl (C=O) groups excluding carboxylic acids is 1. The lowest BCUT2D eigenvalue weighted by molar-refractivity contribution is -0.384. The standard InChI is InChI=1S/C51H64N8O7S/c1-34(2)41-7-5-6-8-42(41)44-32-56(31-36-9-15-40(66-4)16-10-36)25-26-58(44)39-28-51(29-39)21-23-57(24-22-51)38-13-11-37(12-14-38)49(60)55-67(64,65)45-27-43(59(62)63)46(48-47(45)53-33-54-48)52-30-35-17-19-50(3,61)20-18-35/h5-16,27,33-35,39,44,52,61H,17-26,28-32H2,1-4H3,(H,53,54)(H,55,60). The summed E-state index contributed by atoms with van der Waals surface area (Å²) in [6.07, 6.45) is 8.57. The van der Waals surface area contributed by atoms with Gasteiger partial charge in [-0.1, -0.05) is 50.2 Å². The summed E-state index contributed by atoms with van der Waals surface area (Å²) in [6.45, 7) is 12.6. The lowest BCUT2D eigenvalue weighted by Crippen LogP contribution is -2.60. The van der Waals surface area contributed by atoms with Gasteiger partial charge in [0.25, 0.3) is 21.6 Å². The van der Waals surface area contributed by atoms with Gasteiger partial charge in [0.15, 0.2) is 0 Å². The van der Waals surface area contributed by atoms with Crippen LogP contribution < -0.4 is 19.7 Å². The number of nitro groups is 1. The molecule has 4 aliphatic rings. The van der Waals surface area contributed by atoms with Crippen molar-refractivity contribution in [2.75, 3.05) is 56.6 Å². The molecule has 3 heterocycles. The van der Waals surface area contributed by atoms with Crippen LogP contribution in [0.1, 0.15) is 111 Å². The van der Waals surface area contributed by atoms with Gasteiger partial charge in [-0.05, 0) is 129 Å². The molecule has 2 saturated carbocycles. The van der Waals surface area contributed by atoms with E-state index in [-0.39, 0.29) is 28.2 Å². The van der Waals surface area contributed by atoms with Crippen LogP contribution in [0.3, 0.4) is 0 Å². The number of amides is 1. The number of carbonyl (C=O) groups is 1. The minimum Gasteiger partial charge on any atom is -0.497 e. The normalized spacial score (nSPS) is 22.7. The van der Waals surface area contributed by atoms with E-state index in [0.717, 1.165) is 82.5 Å². The van der Waals surface area contributed by atoms with Crippen LogP contribution in [0.15, 0.2) is 90.1 Å². The maximum absolute atomic E-state index is 13.8. The Kier molecular flexibility index (Phi) is 13.1. The van der Waals surface area contributed by atoms with Crippen LogP contribution in [0.2, 0.25) is 0 Å². The van der Waals surface area contributed by atoms with Gasteiger partial charge in [-0.3, -0.25) is 24.7 Å². The number of hydrogen-bond donors (Lipinski definition) is 4. The van der Waals surface area contributed by atoms with Gasteiger partial charge in [0.05, 0.1) is 29.5 Å². The van der Waals surface area contributed by atoms with Crippen molar-refractivity contribution in [1.29, 1.82) is 0 Å². The van der Waals surface area contributed by atoms with E-state index in [1.54, 1.807) is 19.2 Å². The fourth-order valence-corrected chi connectivity index (χ4v) is 12.4. The molecule has 1 aromatic heterocycles. The highest BCUT2D eigenvalue weighted by molar-refractivity contribution is 7.90. The summed E-state index contributed by atoms with van der Waals surface area (Å²) < 4.78 is 35.1. The number of H-pyrrole nitrogens is 1. The molecule has 2 aliphatic heterocycles. The molecule has 1 unspecified atom stereocenters. The lowest BCUT2D eigenvalue weighted by Gasteiger charge is -2.58. The molecule has 4 fully saturated rings. The molecule has 16 heteroatoms. The first-order valence-electron chi connectivity index (χ1n) is 23.8. The van der Waals surface area contributed by atoms with Gasteiger partial charge in [-0.25, -0.2) is 18.1 Å². The van der Waals surface area contributed by atoms with Gasteiger partial charge in [0.2, 0.25) is 0 Å². The van der Waals surface area contributed by atoms with E-state index >= 15 is 0 Å². The number of aromatic nitrogens is 2. The molecule has 0 bridgehead atoms. The number of fused-ring (bicyclic) bond motifs is 1. The molecule has 5 aromatic rings. The number of methoxy groups -OCH3 is 1. The molecule has 9 rings (SSSR count). The molecule has 4 aromatic carbocycles. The van der Waals surface area contributed by atoms with Crippen molar-refractivity contribution in [3.8, 4) is 5.75 Å². The van der Waals surface area contributed by atoms with Crippen LogP contribution in [0.4, 0.5) is 17.1 Å². The van der Waals surface area contributed by atoms with Crippen molar-refractivity contribution < 1.29 is 28.0 Å². The van der Waals surface area contributed by atoms with Gasteiger partial charge in [-0.2, -0.15) is 0 Å².